The van der Waals surface area contributed by atoms with Crippen LogP contribution in [0.2, 0.25) is 0 Å². The summed E-state index contributed by atoms with van der Waals surface area (Å²) in [7, 11) is 0. The summed E-state index contributed by atoms with van der Waals surface area (Å²) in [6.45, 7) is -0.777. The summed E-state index contributed by atoms with van der Waals surface area (Å²) in [5, 5.41) is 19.7. The number of benzene rings is 1. The summed E-state index contributed by atoms with van der Waals surface area (Å²) < 4.78 is 18.3. The molecule has 0 saturated heterocycles. The fourth-order valence-corrected chi connectivity index (χ4v) is 1.82. The molecule has 1 rings (SSSR count). The second-order valence-electron chi connectivity index (χ2n) is 3.83. The topological polar surface area (TPSA) is 95.9 Å². The number of carbonyl (C=O) groups excluding carboxylic acids is 1. The highest BCUT2D eigenvalue weighted by Crippen LogP contribution is 2.25. The number of aliphatic hydroxyl groups excluding tert-OH is 1. The van der Waals surface area contributed by atoms with Gasteiger partial charge in [-0.05, 0) is 34.1 Å². The van der Waals surface area contributed by atoms with Crippen molar-refractivity contribution in [1.82, 2.24) is 5.32 Å². The van der Waals surface area contributed by atoms with Crippen LogP contribution in [0.15, 0.2) is 22.7 Å². The number of aliphatic carboxylic acids is 1. The number of rotatable bonds is 7. The Morgan fingerprint density at radius 1 is 1.45 bits per heavy atom. The molecule has 0 aromatic heterocycles. The zero-order chi connectivity index (χ0) is 15.1. The average molecular weight is 350 g/mol. The van der Waals surface area contributed by atoms with Gasteiger partial charge in [-0.1, -0.05) is 0 Å². The lowest BCUT2D eigenvalue weighted by Crippen LogP contribution is -2.43. The van der Waals surface area contributed by atoms with Crippen molar-refractivity contribution in [3.05, 3.63) is 28.5 Å². The summed E-state index contributed by atoms with van der Waals surface area (Å²) >= 11 is 3.07. The molecule has 0 unspecified atom stereocenters. The van der Waals surface area contributed by atoms with E-state index in [1.165, 1.54) is 18.2 Å². The lowest BCUT2D eigenvalue weighted by Gasteiger charge is -2.14. The van der Waals surface area contributed by atoms with Gasteiger partial charge in [-0.3, -0.25) is 4.79 Å². The molecule has 8 heteroatoms. The van der Waals surface area contributed by atoms with Gasteiger partial charge in [0.25, 0.3) is 5.91 Å². The summed E-state index contributed by atoms with van der Waals surface area (Å²) in [4.78, 5) is 22.3. The van der Waals surface area contributed by atoms with Gasteiger partial charge in [0.05, 0.1) is 4.47 Å². The Balaban J connectivity index is 2.52. The van der Waals surface area contributed by atoms with Gasteiger partial charge in [-0.15, -0.1) is 0 Å². The Kier molecular flexibility index (Phi) is 6.40. The molecule has 0 heterocycles. The SMILES string of the molecule is O=C(COc1ccc(F)cc1Br)N[C@@H](CCO)C(=O)O. The largest absolute Gasteiger partial charge is 0.483 e. The van der Waals surface area contributed by atoms with Crippen LogP contribution in [0.1, 0.15) is 6.42 Å². The molecule has 0 spiro atoms. The van der Waals surface area contributed by atoms with Crippen LogP contribution in [-0.4, -0.2) is 41.3 Å². The number of nitrogens with one attached hydrogen (secondary N) is 1. The normalized spacial score (nSPS) is 11.8. The lowest BCUT2D eigenvalue weighted by atomic mass is 10.2. The molecule has 110 valence electrons. The van der Waals surface area contributed by atoms with Crippen molar-refractivity contribution in [2.75, 3.05) is 13.2 Å². The maximum atomic E-state index is 12.8. The first-order chi connectivity index (χ1) is 9.43. The Morgan fingerprint density at radius 3 is 2.70 bits per heavy atom. The second-order valence-corrected chi connectivity index (χ2v) is 4.69. The van der Waals surface area contributed by atoms with Crippen molar-refractivity contribution in [3.63, 3.8) is 0 Å². The van der Waals surface area contributed by atoms with E-state index in [2.05, 4.69) is 21.2 Å². The van der Waals surface area contributed by atoms with E-state index in [0.29, 0.717) is 4.47 Å². The van der Waals surface area contributed by atoms with Gasteiger partial charge in [-0.25, -0.2) is 9.18 Å². The number of amides is 1. The van der Waals surface area contributed by atoms with Gasteiger partial charge < -0.3 is 20.3 Å². The molecule has 0 aliphatic heterocycles. The summed E-state index contributed by atoms with van der Waals surface area (Å²) in [5.41, 5.74) is 0. The summed E-state index contributed by atoms with van der Waals surface area (Å²) in [6.07, 6.45) is -0.0959. The fourth-order valence-electron chi connectivity index (χ4n) is 1.36. The molecule has 0 saturated carbocycles. The van der Waals surface area contributed by atoms with Crippen molar-refractivity contribution < 1.29 is 28.9 Å². The number of carboxylic acids is 1. The second kappa shape index (κ2) is 7.81. The molecule has 0 radical (unpaired) electrons. The van der Waals surface area contributed by atoms with E-state index in [1.807, 2.05) is 0 Å². The molecule has 0 aliphatic carbocycles. The van der Waals surface area contributed by atoms with E-state index in [1.54, 1.807) is 0 Å². The van der Waals surface area contributed by atoms with Crippen LogP contribution >= 0.6 is 15.9 Å². The van der Waals surface area contributed by atoms with E-state index in [0.717, 1.165) is 0 Å². The molecule has 20 heavy (non-hydrogen) atoms. The molecule has 3 N–H and O–H groups in total. The third-order valence-electron chi connectivity index (χ3n) is 2.30. The maximum absolute atomic E-state index is 12.8. The summed E-state index contributed by atoms with van der Waals surface area (Å²) in [6, 6.07) is 2.52. The summed E-state index contributed by atoms with van der Waals surface area (Å²) in [5.74, 6) is -2.09. The molecule has 0 aliphatic rings. The van der Waals surface area contributed by atoms with Gasteiger partial charge in [-0.2, -0.15) is 0 Å². The Hall–Kier alpha value is -1.67. The van der Waals surface area contributed by atoms with Crippen molar-refractivity contribution in [2.45, 2.75) is 12.5 Å². The fraction of sp³-hybridized carbons (Fsp3) is 0.333. The van der Waals surface area contributed by atoms with Crippen molar-refractivity contribution in [3.8, 4) is 5.75 Å². The minimum Gasteiger partial charge on any atom is -0.483 e. The van der Waals surface area contributed by atoms with Crippen LogP contribution in [0.3, 0.4) is 0 Å². The van der Waals surface area contributed by atoms with Crippen LogP contribution in [0.4, 0.5) is 4.39 Å². The molecule has 1 aromatic rings. The number of ether oxygens (including phenoxy) is 1. The number of hydrogen-bond acceptors (Lipinski definition) is 4. The van der Waals surface area contributed by atoms with Crippen LogP contribution in [0, 0.1) is 5.82 Å². The Labute approximate surface area is 122 Å². The van der Waals surface area contributed by atoms with E-state index in [4.69, 9.17) is 14.9 Å². The first kappa shape index (κ1) is 16.4. The number of halogens is 2. The van der Waals surface area contributed by atoms with E-state index in [9.17, 15) is 14.0 Å². The smallest absolute Gasteiger partial charge is 0.326 e. The van der Waals surface area contributed by atoms with E-state index < -0.39 is 30.3 Å². The lowest BCUT2D eigenvalue weighted by molar-refractivity contribution is -0.142. The van der Waals surface area contributed by atoms with Crippen molar-refractivity contribution in [2.24, 2.45) is 0 Å². The van der Waals surface area contributed by atoms with Crippen molar-refractivity contribution >= 4 is 27.8 Å². The molecule has 1 atom stereocenters. The van der Waals surface area contributed by atoms with Crippen LogP contribution in [-0.2, 0) is 9.59 Å². The predicted molar refractivity (Wildman–Crippen MR) is 70.9 cm³/mol. The van der Waals surface area contributed by atoms with Crippen LogP contribution in [0.5, 0.6) is 5.75 Å². The zero-order valence-electron chi connectivity index (χ0n) is 10.3. The highest BCUT2D eigenvalue weighted by atomic mass is 79.9. The maximum Gasteiger partial charge on any atom is 0.326 e. The van der Waals surface area contributed by atoms with Crippen LogP contribution < -0.4 is 10.1 Å². The molecule has 6 nitrogen and oxygen atoms in total. The Bertz CT molecular complexity index is 497. The molecule has 0 bridgehead atoms. The quantitative estimate of drug-likeness (QED) is 0.680. The minimum atomic E-state index is -1.24. The number of carboxylic acid groups (broad SMARTS) is 1. The first-order valence-electron chi connectivity index (χ1n) is 5.65. The van der Waals surface area contributed by atoms with Gasteiger partial charge >= 0.3 is 5.97 Å². The van der Waals surface area contributed by atoms with Crippen molar-refractivity contribution in [1.29, 1.82) is 0 Å². The Morgan fingerprint density at radius 2 is 2.15 bits per heavy atom. The predicted octanol–water partition coefficient (Wildman–Crippen LogP) is 0.919. The first-order valence-corrected chi connectivity index (χ1v) is 6.44. The minimum absolute atomic E-state index is 0.0959. The number of carbonyl (C=O) groups is 2. The van der Waals surface area contributed by atoms with Gasteiger partial charge in [0.1, 0.15) is 17.6 Å². The molecule has 0 fully saturated rings. The molecule has 1 aromatic carbocycles. The number of aliphatic hydroxyl groups is 1. The molecular formula is C12H13BrFNO5. The van der Waals surface area contributed by atoms with Gasteiger partial charge in [0.2, 0.25) is 0 Å². The zero-order valence-corrected chi connectivity index (χ0v) is 11.9. The molecular weight excluding hydrogens is 337 g/mol. The average Bonchev–Trinajstić information content (AvgIpc) is 2.37. The van der Waals surface area contributed by atoms with Crippen LogP contribution in [0.25, 0.3) is 0 Å². The van der Waals surface area contributed by atoms with Gasteiger partial charge in [0, 0.05) is 13.0 Å². The monoisotopic (exact) mass is 349 g/mol. The highest BCUT2D eigenvalue weighted by molar-refractivity contribution is 9.10. The third kappa shape index (κ3) is 5.14. The van der Waals surface area contributed by atoms with Gasteiger partial charge in [0.15, 0.2) is 6.61 Å². The number of hydrogen-bond donors (Lipinski definition) is 3. The highest BCUT2D eigenvalue weighted by Gasteiger charge is 2.19. The van der Waals surface area contributed by atoms with E-state index in [-0.39, 0.29) is 18.8 Å². The third-order valence-corrected chi connectivity index (χ3v) is 2.92. The molecule has 1 amide bonds. The van der Waals surface area contributed by atoms with E-state index >= 15 is 0 Å². The standard InChI is InChI=1S/C12H13BrFNO5/c13-8-5-7(14)1-2-10(8)20-6-11(17)15-9(3-4-16)12(18)19/h1-2,5,9,16H,3-4,6H2,(H,15,17)(H,18,19)/t9-/m0/s1.